The number of hydrogen-bond acceptors (Lipinski definition) is 4. The van der Waals surface area contributed by atoms with Crippen LogP contribution >= 0.6 is 0 Å². The third-order valence-corrected chi connectivity index (χ3v) is 5.29. The summed E-state index contributed by atoms with van der Waals surface area (Å²) in [5.41, 5.74) is 0.637. The molecule has 0 N–H and O–H groups in total. The highest BCUT2D eigenvalue weighted by atomic mass is 16.2. The van der Waals surface area contributed by atoms with Gasteiger partial charge in [-0.2, -0.15) is 0 Å². The summed E-state index contributed by atoms with van der Waals surface area (Å²) in [6.07, 6.45) is 1.93. The van der Waals surface area contributed by atoms with Crippen molar-refractivity contribution in [2.24, 2.45) is 5.92 Å². The molecular weight excluding hydrogens is 348 g/mol. The van der Waals surface area contributed by atoms with Crippen molar-refractivity contribution in [1.82, 2.24) is 14.7 Å². The molecule has 3 fully saturated rings. The highest BCUT2D eigenvalue weighted by molar-refractivity contribution is 6.13. The molecule has 1 aliphatic carbocycles. The van der Waals surface area contributed by atoms with Crippen molar-refractivity contribution in [2.45, 2.75) is 12.8 Å². The Balaban J connectivity index is 1.33. The van der Waals surface area contributed by atoms with Crippen LogP contribution < -0.4 is 4.90 Å². The van der Waals surface area contributed by atoms with Gasteiger partial charge in [0.2, 0.25) is 11.8 Å². The van der Waals surface area contributed by atoms with Gasteiger partial charge in [-0.25, -0.2) is 4.79 Å². The van der Waals surface area contributed by atoms with Gasteiger partial charge < -0.3 is 9.80 Å². The number of urea groups is 1. The summed E-state index contributed by atoms with van der Waals surface area (Å²) in [7, 11) is 0. The van der Waals surface area contributed by atoms with Gasteiger partial charge in [-0.1, -0.05) is 18.2 Å². The Bertz CT molecular complexity index is 769. The van der Waals surface area contributed by atoms with E-state index in [1.165, 1.54) is 4.90 Å². The van der Waals surface area contributed by atoms with Crippen LogP contribution in [0.1, 0.15) is 12.8 Å². The monoisotopic (exact) mass is 370 g/mol. The average molecular weight is 370 g/mol. The van der Waals surface area contributed by atoms with E-state index in [9.17, 15) is 19.2 Å². The van der Waals surface area contributed by atoms with Crippen molar-refractivity contribution in [2.75, 3.05) is 44.2 Å². The molecular formula is C19H22N4O4. The molecule has 0 atom stereocenters. The van der Waals surface area contributed by atoms with Gasteiger partial charge in [-0.15, -0.1) is 0 Å². The molecule has 0 spiro atoms. The lowest BCUT2D eigenvalue weighted by atomic mass is 10.2. The quantitative estimate of drug-likeness (QED) is 0.725. The highest BCUT2D eigenvalue weighted by Crippen LogP contribution is 2.31. The maximum atomic E-state index is 12.6. The minimum Gasteiger partial charge on any atom is -0.339 e. The van der Waals surface area contributed by atoms with Crippen LogP contribution in [0.15, 0.2) is 30.3 Å². The number of carbonyl (C=O) groups is 4. The maximum absolute atomic E-state index is 12.6. The van der Waals surface area contributed by atoms with E-state index in [2.05, 4.69) is 0 Å². The molecule has 0 unspecified atom stereocenters. The minimum atomic E-state index is -0.470. The number of carbonyl (C=O) groups excluding carboxylic acids is 4. The van der Waals surface area contributed by atoms with Crippen molar-refractivity contribution >= 4 is 29.4 Å². The van der Waals surface area contributed by atoms with Crippen molar-refractivity contribution in [1.29, 1.82) is 0 Å². The molecule has 5 amide bonds. The second kappa shape index (κ2) is 7.02. The molecule has 2 heterocycles. The van der Waals surface area contributed by atoms with Gasteiger partial charge in [-0.3, -0.25) is 24.2 Å². The van der Waals surface area contributed by atoms with Gasteiger partial charge in [0.25, 0.3) is 5.91 Å². The topological polar surface area (TPSA) is 81.2 Å². The third kappa shape index (κ3) is 3.51. The standard InChI is InChI=1S/C19H22N4O4/c24-16(20-8-10-21(11-9-20)18(26)14-6-7-14)12-23-17(25)13-22(19(23)27)15-4-2-1-3-5-15/h1-5,14H,6-13H2. The fourth-order valence-electron chi connectivity index (χ4n) is 3.51. The number of amides is 5. The maximum Gasteiger partial charge on any atom is 0.332 e. The molecule has 0 radical (unpaired) electrons. The zero-order chi connectivity index (χ0) is 19.0. The molecule has 1 saturated carbocycles. The smallest absolute Gasteiger partial charge is 0.332 e. The molecule has 8 nitrogen and oxygen atoms in total. The number of anilines is 1. The number of nitrogens with zero attached hydrogens (tertiary/aromatic N) is 4. The van der Waals surface area contributed by atoms with Crippen LogP contribution in [-0.2, 0) is 14.4 Å². The first-order valence-electron chi connectivity index (χ1n) is 9.28. The molecule has 2 aliphatic heterocycles. The summed E-state index contributed by atoms with van der Waals surface area (Å²) in [5, 5.41) is 0. The number of hydrogen-bond donors (Lipinski definition) is 0. The zero-order valence-electron chi connectivity index (χ0n) is 15.0. The largest absolute Gasteiger partial charge is 0.339 e. The molecule has 27 heavy (non-hydrogen) atoms. The van der Waals surface area contributed by atoms with Crippen LogP contribution in [0.2, 0.25) is 0 Å². The van der Waals surface area contributed by atoms with Crippen molar-refractivity contribution in [3.05, 3.63) is 30.3 Å². The lowest BCUT2D eigenvalue weighted by Gasteiger charge is -2.35. The van der Waals surface area contributed by atoms with Gasteiger partial charge in [0.15, 0.2) is 0 Å². The van der Waals surface area contributed by atoms with Crippen LogP contribution in [0.4, 0.5) is 10.5 Å². The Hall–Kier alpha value is -2.90. The van der Waals surface area contributed by atoms with E-state index in [0.29, 0.717) is 31.9 Å². The first-order chi connectivity index (χ1) is 13.0. The zero-order valence-corrected chi connectivity index (χ0v) is 15.0. The van der Waals surface area contributed by atoms with Crippen molar-refractivity contribution < 1.29 is 19.2 Å². The summed E-state index contributed by atoms with van der Waals surface area (Å²) in [6, 6.07) is 8.47. The number of para-hydroxylation sites is 1. The lowest BCUT2D eigenvalue weighted by molar-refractivity contribution is -0.141. The molecule has 8 heteroatoms. The number of imide groups is 1. The molecule has 4 rings (SSSR count). The Morgan fingerprint density at radius 3 is 2.19 bits per heavy atom. The summed E-state index contributed by atoms with van der Waals surface area (Å²) in [5.74, 6) is -0.272. The fourth-order valence-corrected chi connectivity index (χ4v) is 3.51. The molecule has 142 valence electrons. The van der Waals surface area contributed by atoms with Gasteiger partial charge >= 0.3 is 6.03 Å². The van der Waals surface area contributed by atoms with E-state index in [1.54, 1.807) is 29.2 Å². The van der Waals surface area contributed by atoms with E-state index in [0.717, 1.165) is 17.7 Å². The van der Waals surface area contributed by atoms with Crippen LogP contribution in [0.3, 0.4) is 0 Å². The van der Waals surface area contributed by atoms with Gasteiger partial charge in [0, 0.05) is 37.8 Å². The Labute approximate surface area is 157 Å². The fraction of sp³-hybridized carbons (Fsp3) is 0.474. The van der Waals surface area contributed by atoms with Gasteiger partial charge in [-0.05, 0) is 25.0 Å². The number of piperazine rings is 1. The lowest BCUT2D eigenvalue weighted by Crippen LogP contribution is -2.53. The molecule has 0 aromatic heterocycles. The first-order valence-corrected chi connectivity index (χ1v) is 9.28. The minimum absolute atomic E-state index is 0.0558. The van der Waals surface area contributed by atoms with E-state index in [1.807, 2.05) is 11.0 Å². The second-order valence-corrected chi connectivity index (χ2v) is 7.16. The van der Waals surface area contributed by atoms with Gasteiger partial charge in [0.1, 0.15) is 13.1 Å². The van der Waals surface area contributed by atoms with Crippen LogP contribution in [0, 0.1) is 5.92 Å². The first kappa shape index (κ1) is 17.5. The Morgan fingerprint density at radius 2 is 1.56 bits per heavy atom. The van der Waals surface area contributed by atoms with Gasteiger partial charge in [0.05, 0.1) is 0 Å². The van der Waals surface area contributed by atoms with Crippen LogP contribution in [0.5, 0.6) is 0 Å². The predicted molar refractivity (Wildman–Crippen MR) is 96.8 cm³/mol. The Kier molecular flexibility index (Phi) is 4.55. The molecule has 0 bridgehead atoms. The number of benzene rings is 1. The SMILES string of the molecule is O=C(CN1C(=O)CN(c2ccccc2)C1=O)N1CCN(C(=O)C2CC2)CC1. The van der Waals surface area contributed by atoms with E-state index < -0.39 is 6.03 Å². The number of rotatable bonds is 4. The molecule has 1 aromatic carbocycles. The summed E-state index contributed by atoms with van der Waals surface area (Å²) in [4.78, 5) is 55.3. The average Bonchev–Trinajstić information content (AvgIpc) is 3.51. The molecule has 1 aromatic rings. The van der Waals surface area contributed by atoms with E-state index >= 15 is 0 Å². The van der Waals surface area contributed by atoms with Crippen molar-refractivity contribution in [3.8, 4) is 0 Å². The predicted octanol–water partition coefficient (Wildman–Crippen LogP) is 0.536. The molecule has 3 aliphatic rings. The normalized spacial score (nSPS) is 20.4. The highest BCUT2D eigenvalue weighted by Gasteiger charge is 2.39. The van der Waals surface area contributed by atoms with Crippen molar-refractivity contribution in [3.63, 3.8) is 0 Å². The van der Waals surface area contributed by atoms with Crippen LogP contribution in [0.25, 0.3) is 0 Å². The molecule has 2 saturated heterocycles. The Morgan fingerprint density at radius 1 is 0.926 bits per heavy atom. The van der Waals surface area contributed by atoms with E-state index in [4.69, 9.17) is 0 Å². The third-order valence-electron chi connectivity index (χ3n) is 5.29. The van der Waals surface area contributed by atoms with E-state index in [-0.39, 0.29) is 36.7 Å². The van der Waals surface area contributed by atoms with Crippen LogP contribution in [-0.4, -0.2) is 77.7 Å². The summed E-state index contributed by atoms with van der Waals surface area (Å²) >= 11 is 0. The summed E-state index contributed by atoms with van der Waals surface area (Å²) < 4.78 is 0. The second-order valence-electron chi connectivity index (χ2n) is 7.16. The summed E-state index contributed by atoms with van der Waals surface area (Å²) in [6.45, 7) is 1.60.